The molecular formula is C17H21N3O2S. The summed E-state index contributed by atoms with van der Waals surface area (Å²) in [4.78, 5) is 22.9. The normalized spacial score (nSPS) is 14.7. The minimum atomic E-state index is 0.185. The Kier molecular flexibility index (Phi) is 5.23. The molecular weight excluding hydrogens is 310 g/mol. The topological polar surface area (TPSA) is 55.3 Å². The van der Waals surface area contributed by atoms with Gasteiger partial charge in [0.15, 0.2) is 0 Å². The maximum absolute atomic E-state index is 12.2. The summed E-state index contributed by atoms with van der Waals surface area (Å²) in [5, 5.41) is 2.83. The fourth-order valence-electron chi connectivity index (χ4n) is 2.59. The van der Waals surface area contributed by atoms with Gasteiger partial charge in [-0.2, -0.15) is 0 Å². The van der Waals surface area contributed by atoms with Crippen molar-refractivity contribution in [3.05, 3.63) is 40.1 Å². The summed E-state index contributed by atoms with van der Waals surface area (Å²) < 4.78 is 5.67. The Morgan fingerprint density at radius 3 is 2.87 bits per heavy atom. The van der Waals surface area contributed by atoms with E-state index in [4.69, 9.17) is 4.74 Å². The fourth-order valence-corrected chi connectivity index (χ4v) is 3.30. The van der Waals surface area contributed by atoms with E-state index >= 15 is 0 Å². The molecule has 3 heterocycles. The number of aromatic nitrogens is 2. The van der Waals surface area contributed by atoms with Crippen molar-refractivity contribution in [2.24, 2.45) is 0 Å². The van der Waals surface area contributed by atoms with Crippen molar-refractivity contribution >= 4 is 17.2 Å². The summed E-state index contributed by atoms with van der Waals surface area (Å²) in [6.45, 7) is 4.13. The number of amides is 1. The number of piperidine rings is 1. The van der Waals surface area contributed by atoms with Crippen molar-refractivity contribution < 1.29 is 9.53 Å². The highest BCUT2D eigenvalue weighted by Gasteiger charge is 2.17. The summed E-state index contributed by atoms with van der Waals surface area (Å²) >= 11 is 1.53. The highest BCUT2D eigenvalue weighted by Crippen LogP contribution is 2.16. The molecule has 5 nitrogen and oxygen atoms in total. The van der Waals surface area contributed by atoms with Crippen molar-refractivity contribution in [1.82, 2.24) is 14.9 Å². The molecule has 0 bridgehead atoms. The minimum absolute atomic E-state index is 0.185. The molecule has 2 aromatic rings. The van der Waals surface area contributed by atoms with Gasteiger partial charge in [0.1, 0.15) is 17.4 Å². The molecule has 6 heteroatoms. The Bertz CT molecular complexity index is 648. The number of nitrogens with zero attached hydrogens (tertiary/aromatic N) is 3. The third kappa shape index (κ3) is 4.51. The average molecular weight is 331 g/mol. The average Bonchev–Trinajstić information content (AvgIpc) is 3.02. The van der Waals surface area contributed by atoms with E-state index in [-0.39, 0.29) is 5.91 Å². The minimum Gasteiger partial charge on any atom is -0.485 e. The molecule has 0 atom stereocenters. The van der Waals surface area contributed by atoms with Crippen LogP contribution in [0.25, 0.3) is 0 Å². The van der Waals surface area contributed by atoms with Gasteiger partial charge in [0.05, 0.1) is 18.3 Å². The number of likely N-dealkylation sites (tertiary alicyclic amines) is 1. The summed E-state index contributed by atoms with van der Waals surface area (Å²) in [6, 6.07) is 3.82. The van der Waals surface area contributed by atoms with Crippen LogP contribution in [0, 0.1) is 6.92 Å². The molecule has 0 spiro atoms. The molecule has 1 saturated heterocycles. The number of aryl methyl sites for hydroxylation is 1. The standard InChI is InChI=1S/C17H21N3O2S/c1-13-5-6-15(10-18-13)22-11-16-19-14(12-23-16)9-17(21)20-7-3-2-4-8-20/h5-6,10,12H,2-4,7-9,11H2,1H3. The number of carbonyl (C=O) groups is 1. The van der Waals surface area contributed by atoms with Crippen LogP contribution in [-0.2, 0) is 17.8 Å². The molecule has 0 N–H and O–H groups in total. The summed E-state index contributed by atoms with van der Waals surface area (Å²) in [5.74, 6) is 0.918. The maximum atomic E-state index is 12.2. The van der Waals surface area contributed by atoms with Crippen LogP contribution in [0.4, 0.5) is 0 Å². The summed E-state index contributed by atoms with van der Waals surface area (Å²) in [6.07, 6.45) is 5.57. The van der Waals surface area contributed by atoms with Gasteiger partial charge in [-0.3, -0.25) is 9.78 Å². The van der Waals surface area contributed by atoms with Gasteiger partial charge in [-0.1, -0.05) is 0 Å². The zero-order valence-electron chi connectivity index (χ0n) is 13.3. The van der Waals surface area contributed by atoms with Gasteiger partial charge in [-0.05, 0) is 38.3 Å². The number of rotatable bonds is 5. The first kappa shape index (κ1) is 15.9. The lowest BCUT2D eigenvalue weighted by molar-refractivity contribution is -0.131. The first-order valence-corrected chi connectivity index (χ1v) is 8.85. The predicted octanol–water partition coefficient (Wildman–Crippen LogP) is 2.98. The van der Waals surface area contributed by atoms with Gasteiger partial charge >= 0.3 is 0 Å². The van der Waals surface area contributed by atoms with E-state index in [1.165, 1.54) is 17.8 Å². The molecule has 23 heavy (non-hydrogen) atoms. The largest absolute Gasteiger partial charge is 0.485 e. The molecule has 0 saturated carbocycles. The summed E-state index contributed by atoms with van der Waals surface area (Å²) in [5.41, 5.74) is 1.80. The van der Waals surface area contributed by atoms with Gasteiger partial charge in [0.25, 0.3) is 0 Å². The molecule has 0 unspecified atom stereocenters. The number of carbonyl (C=O) groups excluding carboxylic acids is 1. The van der Waals surface area contributed by atoms with E-state index in [1.54, 1.807) is 6.20 Å². The first-order valence-electron chi connectivity index (χ1n) is 7.97. The van der Waals surface area contributed by atoms with Crippen LogP contribution in [0.1, 0.15) is 35.7 Å². The number of hydrogen-bond donors (Lipinski definition) is 0. The molecule has 122 valence electrons. The lowest BCUT2D eigenvalue weighted by Gasteiger charge is -2.26. The van der Waals surface area contributed by atoms with Crippen molar-refractivity contribution in [2.75, 3.05) is 13.1 Å². The SMILES string of the molecule is Cc1ccc(OCc2nc(CC(=O)N3CCCCC3)cs2)cn1. The highest BCUT2D eigenvalue weighted by atomic mass is 32.1. The molecule has 2 aromatic heterocycles. The van der Waals surface area contributed by atoms with Crippen LogP contribution in [0.2, 0.25) is 0 Å². The molecule has 3 rings (SSSR count). The Morgan fingerprint density at radius 2 is 2.13 bits per heavy atom. The van der Waals surface area contributed by atoms with Crippen LogP contribution in [0.3, 0.4) is 0 Å². The van der Waals surface area contributed by atoms with E-state index in [2.05, 4.69) is 9.97 Å². The first-order chi connectivity index (χ1) is 11.2. The lowest BCUT2D eigenvalue weighted by Crippen LogP contribution is -2.36. The molecule has 0 radical (unpaired) electrons. The van der Waals surface area contributed by atoms with Crippen molar-refractivity contribution in [3.63, 3.8) is 0 Å². The zero-order chi connectivity index (χ0) is 16.1. The van der Waals surface area contributed by atoms with Gasteiger partial charge in [0, 0.05) is 24.2 Å². The maximum Gasteiger partial charge on any atom is 0.228 e. The van der Waals surface area contributed by atoms with E-state index in [0.717, 1.165) is 48.1 Å². The molecule has 0 aliphatic carbocycles. The zero-order valence-corrected chi connectivity index (χ0v) is 14.1. The van der Waals surface area contributed by atoms with E-state index in [1.807, 2.05) is 29.3 Å². The predicted molar refractivity (Wildman–Crippen MR) is 89.6 cm³/mol. The molecule has 0 aromatic carbocycles. The van der Waals surface area contributed by atoms with E-state index in [0.29, 0.717) is 13.0 Å². The van der Waals surface area contributed by atoms with E-state index < -0.39 is 0 Å². The summed E-state index contributed by atoms with van der Waals surface area (Å²) in [7, 11) is 0. The van der Waals surface area contributed by atoms with Gasteiger partial charge in [0.2, 0.25) is 5.91 Å². The Balaban J connectivity index is 1.51. The Hall–Kier alpha value is -1.95. The van der Waals surface area contributed by atoms with Crippen molar-refractivity contribution in [3.8, 4) is 5.75 Å². The van der Waals surface area contributed by atoms with Crippen LogP contribution in [0.15, 0.2) is 23.7 Å². The highest BCUT2D eigenvalue weighted by molar-refractivity contribution is 7.09. The van der Waals surface area contributed by atoms with Crippen molar-refractivity contribution in [1.29, 1.82) is 0 Å². The molecule has 1 aliphatic heterocycles. The number of hydrogen-bond acceptors (Lipinski definition) is 5. The van der Waals surface area contributed by atoms with Crippen LogP contribution in [-0.4, -0.2) is 33.9 Å². The number of ether oxygens (including phenoxy) is 1. The Labute approximate surface area is 140 Å². The van der Waals surface area contributed by atoms with Crippen LogP contribution >= 0.6 is 11.3 Å². The molecule has 1 fully saturated rings. The van der Waals surface area contributed by atoms with Crippen molar-refractivity contribution in [2.45, 2.75) is 39.2 Å². The van der Waals surface area contributed by atoms with Crippen LogP contribution in [0.5, 0.6) is 5.75 Å². The second-order valence-electron chi connectivity index (χ2n) is 5.77. The molecule has 1 aliphatic rings. The number of thiazole rings is 1. The number of pyridine rings is 1. The fraction of sp³-hybridized carbons (Fsp3) is 0.471. The Morgan fingerprint density at radius 1 is 1.30 bits per heavy atom. The van der Waals surface area contributed by atoms with E-state index in [9.17, 15) is 4.79 Å². The quantitative estimate of drug-likeness (QED) is 0.845. The molecule has 1 amide bonds. The third-order valence-electron chi connectivity index (χ3n) is 3.89. The third-order valence-corrected chi connectivity index (χ3v) is 4.76. The monoisotopic (exact) mass is 331 g/mol. The smallest absolute Gasteiger partial charge is 0.228 e. The van der Waals surface area contributed by atoms with Gasteiger partial charge in [-0.15, -0.1) is 11.3 Å². The second-order valence-corrected chi connectivity index (χ2v) is 6.72. The van der Waals surface area contributed by atoms with Crippen LogP contribution < -0.4 is 4.74 Å². The van der Waals surface area contributed by atoms with Gasteiger partial charge in [-0.25, -0.2) is 4.98 Å². The van der Waals surface area contributed by atoms with Gasteiger partial charge < -0.3 is 9.64 Å². The second kappa shape index (κ2) is 7.55. The lowest BCUT2D eigenvalue weighted by atomic mass is 10.1.